The fourth-order valence-corrected chi connectivity index (χ4v) is 5.10. The third-order valence-corrected chi connectivity index (χ3v) is 7.40. The maximum Gasteiger partial charge on any atom is 0.410 e. The lowest BCUT2D eigenvalue weighted by Gasteiger charge is -2.33. The van der Waals surface area contributed by atoms with Crippen molar-refractivity contribution in [3.8, 4) is 0 Å². The first-order valence-electron chi connectivity index (χ1n) is 12.8. The molecule has 0 unspecified atom stereocenters. The summed E-state index contributed by atoms with van der Waals surface area (Å²) in [6, 6.07) is -2.89. The highest BCUT2D eigenvalue weighted by Gasteiger charge is 2.48. The van der Waals surface area contributed by atoms with Crippen LogP contribution in [0.25, 0.3) is 5.65 Å². The van der Waals surface area contributed by atoms with Crippen LogP contribution in [0.1, 0.15) is 61.9 Å². The number of methoxy groups -OCH3 is 1. The standard InChI is InChI=1S/C24H29F5N6O4/c1-38-12-17(34-11-18(24(27,28)29)32-21(34)36)14-8-19-31-16(10-35(19)30-9-14)20(33-22(37)39-15-2-3-15)13-4-6-23(25,26)7-5-13/h8-10,13,15,17-18,20H,2-7,11-12H2,1H3,(H,32,36)(H,33,37)/t17-,18-,20-/m0/s1. The molecular formula is C24H29F5N6O4. The Bertz CT molecular complexity index is 1210. The van der Waals surface area contributed by atoms with E-state index in [4.69, 9.17) is 9.47 Å². The van der Waals surface area contributed by atoms with E-state index in [9.17, 15) is 31.5 Å². The van der Waals surface area contributed by atoms with E-state index in [1.807, 2.05) is 5.32 Å². The second-order valence-electron chi connectivity index (χ2n) is 10.3. The monoisotopic (exact) mass is 560 g/mol. The van der Waals surface area contributed by atoms with Gasteiger partial charge in [-0.25, -0.2) is 27.9 Å². The quantitative estimate of drug-likeness (QED) is 0.470. The van der Waals surface area contributed by atoms with Crippen LogP contribution in [0.2, 0.25) is 0 Å². The zero-order valence-corrected chi connectivity index (χ0v) is 21.1. The van der Waals surface area contributed by atoms with E-state index in [2.05, 4.69) is 15.4 Å². The molecule has 15 heteroatoms. The van der Waals surface area contributed by atoms with Crippen molar-refractivity contribution in [2.45, 2.75) is 74.9 Å². The highest BCUT2D eigenvalue weighted by atomic mass is 19.4. The molecule has 2 N–H and O–H groups in total. The first-order valence-corrected chi connectivity index (χ1v) is 12.8. The van der Waals surface area contributed by atoms with Crippen LogP contribution in [-0.2, 0) is 9.47 Å². The molecule has 3 fully saturated rings. The number of carbonyl (C=O) groups excluding carboxylic acids is 2. The van der Waals surface area contributed by atoms with Crippen LogP contribution < -0.4 is 10.6 Å². The fourth-order valence-electron chi connectivity index (χ4n) is 5.10. The van der Waals surface area contributed by atoms with Crippen molar-refractivity contribution in [1.82, 2.24) is 30.1 Å². The Balaban J connectivity index is 1.41. The number of rotatable bonds is 8. The fraction of sp³-hybridized carbons (Fsp3) is 0.667. The minimum atomic E-state index is -4.60. The third-order valence-electron chi connectivity index (χ3n) is 7.40. The number of alkyl carbamates (subject to hydrolysis) is 1. The number of carbonyl (C=O) groups is 2. The number of aromatic nitrogens is 3. The number of urea groups is 1. The molecule has 2 aromatic rings. The molecule has 0 aromatic carbocycles. The molecule has 39 heavy (non-hydrogen) atoms. The Kier molecular flexibility index (Phi) is 7.29. The van der Waals surface area contributed by atoms with Gasteiger partial charge in [0.2, 0.25) is 5.92 Å². The van der Waals surface area contributed by atoms with E-state index >= 15 is 0 Å². The number of halogens is 5. The Labute approximate surface area is 220 Å². The highest BCUT2D eigenvalue weighted by Crippen LogP contribution is 2.41. The van der Waals surface area contributed by atoms with Gasteiger partial charge in [0.05, 0.1) is 43.3 Å². The molecule has 3 amide bonds. The molecule has 10 nitrogen and oxygen atoms in total. The first-order chi connectivity index (χ1) is 18.4. The Morgan fingerprint density at radius 1 is 1.26 bits per heavy atom. The minimum Gasteiger partial charge on any atom is -0.446 e. The number of hydrogen-bond donors (Lipinski definition) is 2. The van der Waals surface area contributed by atoms with Gasteiger partial charge in [-0.3, -0.25) is 0 Å². The van der Waals surface area contributed by atoms with Crippen molar-refractivity contribution in [3.63, 3.8) is 0 Å². The number of nitrogens with zero attached hydrogens (tertiary/aromatic N) is 4. The van der Waals surface area contributed by atoms with E-state index < -0.39 is 48.9 Å². The summed E-state index contributed by atoms with van der Waals surface area (Å²) in [5.74, 6) is -3.07. The zero-order chi connectivity index (χ0) is 27.9. The zero-order valence-electron chi connectivity index (χ0n) is 21.1. The van der Waals surface area contributed by atoms with E-state index in [1.54, 1.807) is 12.3 Å². The summed E-state index contributed by atoms with van der Waals surface area (Å²) < 4.78 is 79.3. The lowest BCUT2D eigenvalue weighted by atomic mass is 9.81. The average Bonchev–Trinajstić information content (AvgIpc) is 3.42. The summed E-state index contributed by atoms with van der Waals surface area (Å²) in [5.41, 5.74) is 1.09. The Morgan fingerprint density at radius 2 is 1.97 bits per heavy atom. The summed E-state index contributed by atoms with van der Waals surface area (Å²) in [6.45, 7) is -0.681. The van der Waals surface area contributed by atoms with Crippen LogP contribution in [0.3, 0.4) is 0 Å². The van der Waals surface area contributed by atoms with Crippen LogP contribution in [-0.4, -0.2) is 76.1 Å². The van der Waals surface area contributed by atoms with E-state index in [0.29, 0.717) is 16.9 Å². The molecular weight excluding hydrogens is 531 g/mol. The van der Waals surface area contributed by atoms with Gasteiger partial charge in [-0.2, -0.15) is 18.3 Å². The first kappa shape index (κ1) is 27.3. The summed E-state index contributed by atoms with van der Waals surface area (Å²) in [4.78, 5) is 30.5. The maximum absolute atomic E-state index is 13.8. The van der Waals surface area contributed by atoms with Crippen molar-refractivity contribution in [2.75, 3.05) is 20.3 Å². The molecule has 5 rings (SSSR count). The number of imidazole rings is 1. The van der Waals surface area contributed by atoms with Crippen LogP contribution in [0.4, 0.5) is 31.5 Å². The summed E-state index contributed by atoms with van der Waals surface area (Å²) in [5, 5.41) is 9.05. The molecule has 1 saturated heterocycles. The molecule has 0 spiro atoms. The summed E-state index contributed by atoms with van der Waals surface area (Å²) >= 11 is 0. The Morgan fingerprint density at radius 3 is 2.59 bits per heavy atom. The number of alkyl halides is 5. The minimum absolute atomic E-state index is 0.0864. The van der Waals surface area contributed by atoms with E-state index in [0.717, 1.165) is 17.7 Å². The third kappa shape index (κ3) is 6.17. The van der Waals surface area contributed by atoms with Crippen LogP contribution in [0, 0.1) is 5.92 Å². The predicted molar refractivity (Wildman–Crippen MR) is 125 cm³/mol. The summed E-state index contributed by atoms with van der Waals surface area (Å²) in [6.07, 6.45) is -1.14. The van der Waals surface area contributed by atoms with E-state index in [-0.39, 0.29) is 44.3 Å². The number of ether oxygens (including phenoxy) is 2. The van der Waals surface area contributed by atoms with Crippen molar-refractivity contribution in [2.24, 2.45) is 5.92 Å². The van der Waals surface area contributed by atoms with Crippen molar-refractivity contribution in [3.05, 3.63) is 29.7 Å². The van der Waals surface area contributed by atoms with Gasteiger partial charge >= 0.3 is 18.3 Å². The molecule has 1 aliphatic heterocycles. The lowest BCUT2D eigenvalue weighted by molar-refractivity contribution is -0.150. The maximum atomic E-state index is 13.8. The molecule has 2 saturated carbocycles. The second-order valence-corrected chi connectivity index (χ2v) is 10.3. The van der Waals surface area contributed by atoms with Gasteiger partial charge in [-0.15, -0.1) is 0 Å². The average molecular weight is 561 g/mol. The smallest absolute Gasteiger partial charge is 0.410 e. The summed E-state index contributed by atoms with van der Waals surface area (Å²) in [7, 11) is 1.37. The van der Waals surface area contributed by atoms with Crippen molar-refractivity contribution < 1.29 is 41.0 Å². The second kappa shape index (κ2) is 10.4. The number of nitrogens with one attached hydrogen (secondary N) is 2. The lowest BCUT2D eigenvalue weighted by Crippen LogP contribution is -2.40. The molecule has 2 aromatic heterocycles. The molecule has 3 heterocycles. The number of hydrogen-bond acceptors (Lipinski definition) is 6. The van der Waals surface area contributed by atoms with Crippen LogP contribution >= 0.6 is 0 Å². The molecule has 3 aliphatic rings. The predicted octanol–water partition coefficient (Wildman–Crippen LogP) is 4.13. The molecule has 2 aliphatic carbocycles. The largest absolute Gasteiger partial charge is 0.446 e. The van der Waals surface area contributed by atoms with Gasteiger partial charge in [-0.05, 0) is 37.7 Å². The van der Waals surface area contributed by atoms with Gasteiger partial charge in [0.15, 0.2) is 5.65 Å². The van der Waals surface area contributed by atoms with Gasteiger partial charge in [0.1, 0.15) is 12.1 Å². The Hall–Kier alpha value is -3.23. The van der Waals surface area contributed by atoms with Gasteiger partial charge < -0.3 is 25.0 Å². The normalized spacial score (nSPS) is 23.5. The van der Waals surface area contributed by atoms with Crippen molar-refractivity contribution >= 4 is 17.8 Å². The van der Waals surface area contributed by atoms with Crippen molar-refractivity contribution in [1.29, 1.82) is 0 Å². The molecule has 0 radical (unpaired) electrons. The topological polar surface area (TPSA) is 110 Å². The van der Waals surface area contributed by atoms with E-state index in [1.165, 1.54) is 17.8 Å². The molecule has 214 valence electrons. The van der Waals surface area contributed by atoms with Gasteiger partial charge in [0.25, 0.3) is 0 Å². The molecule has 0 bridgehead atoms. The molecule has 3 atom stereocenters. The number of amides is 3. The van der Waals surface area contributed by atoms with Crippen LogP contribution in [0.15, 0.2) is 18.5 Å². The van der Waals surface area contributed by atoms with Gasteiger partial charge in [-0.1, -0.05) is 0 Å². The highest BCUT2D eigenvalue weighted by molar-refractivity contribution is 5.77. The SMILES string of the molecule is COC[C@@H](c1cnn2cc([C@@H](NC(=O)OC3CC3)C3CCC(F)(F)CC3)nc2c1)N1C[C@@H](C(F)(F)F)NC1=O. The van der Waals surface area contributed by atoms with Gasteiger partial charge in [0, 0.05) is 25.5 Å². The van der Waals surface area contributed by atoms with Crippen LogP contribution in [0.5, 0.6) is 0 Å². The number of fused-ring (bicyclic) bond motifs is 1.